The van der Waals surface area contributed by atoms with E-state index < -0.39 is 11.0 Å². The van der Waals surface area contributed by atoms with Gasteiger partial charge in [-0.1, -0.05) is 30.3 Å². The molecule has 5 heteroatoms. The number of nitro benzene ring substituents is 1. The molecule has 0 spiro atoms. The quantitative estimate of drug-likeness (QED) is 0.670. The van der Waals surface area contributed by atoms with Crippen molar-refractivity contribution in [2.75, 3.05) is 0 Å². The van der Waals surface area contributed by atoms with Crippen molar-refractivity contribution in [1.82, 2.24) is 0 Å². The molecule has 0 heterocycles. The van der Waals surface area contributed by atoms with Crippen LogP contribution in [0.1, 0.15) is 24.2 Å². The van der Waals surface area contributed by atoms with Crippen LogP contribution in [0.15, 0.2) is 48.5 Å². The van der Waals surface area contributed by atoms with E-state index in [2.05, 4.69) is 0 Å². The molecule has 104 valence electrons. The molecule has 2 aromatic rings. The molecule has 0 saturated heterocycles. The summed E-state index contributed by atoms with van der Waals surface area (Å²) in [6.45, 7) is 1.88. The summed E-state index contributed by atoms with van der Waals surface area (Å²) >= 11 is 0. The Bertz CT molecular complexity index is 610. The minimum absolute atomic E-state index is 0.0370. The van der Waals surface area contributed by atoms with Crippen molar-refractivity contribution in [2.24, 2.45) is 0 Å². The lowest BCUT2D eigenvalue weighted by molar-refractivity contribution is -0.384. The van der Waals surface area contributed by atoms with E-state index in [1.165, 1.54) is 12.1 Å². The smallest absolute Gasteiger partial charge is 0.269 e. The van der Waals surface area contributed by atoms with Gasteiger partial charge in [0, 0.05) is 17.7 Å². The van der Waals surface area contributed by atoms with E-state index in [9.17, 15) is 15.2 Å². The van der Waals surface area contributed by atoms with Gasteiger partial charge < -0.3 is 9.84 Å². The number of non-ortho nitro benzene ring substituents is 1. The third kappa shape index (κ3) is 3.33. The lowest BCUT2D eigenvalue weighted by atomic mass is 10.1. The van der Waals surface area contributed by atoms with Gasteiger partial charge in [0.05, 0.1) is 11.0 Å². The Labute approximate surface area is 116 Å². The number of nitrogens with zero attached hydrogens (tertiary/aromatic N) is 1. The predicted molar refractivity (Wildman–Crippen MR) is 74.5 cm³/mol. The summed E-state index contributed by atoms with van der Waals surface area (Å²) in [7, 11) is 0. The highest BCUT2D eigenvalue weighted by Gasteiger charge is 2.10. The van der Waals surface area contributed by atoms with Crippen molar-refractivity contribution in [2.45, 2.75) is 19.6 Å². The van der Waals surface area contributed by atoms with Crippen LogP contribution in [0.25, 0.3) is 0 Å². The summed E-state index contributed by atoms with van der Waals surface area (Å²) in [6.07, 6.45) is -0.628. The summed E-state index contributed by atoms with van der Waals surface area (Å²) in [5.74, 6) is 0.578. The standard InChI is InChI=1S/C15H15NO4/c1-11(17)14-7-2-3-8-15(14)20-10-12-5-4-6-13(9-12)16(18)19/h2-9,11,17H,10H2,1H3. The van der Waals surface area contributed by atoms with Crippen molar-refractivity contribution in [1.29, 1.82) is 0 Å². The third-order valence-electron chi connectivity index (χ3n) is 2.88. The van der Waals surface area contributed by atoms with Gasteiger partial charge in [0.15, 0.2) is 0 Å². The van der Waals surface area contributed by atoms with Crippen LogP contribution < -0.4 is 4.74 Å². The second-order valence-electron chi connectivity index (χ2n) is 4.43. The number of ether oxygens (including phenoxy) is 1. The first kappa shape index (κ1) is 14.0. The van der Waals surface area contributed by atoms with Crippen molar-refractivity contribution < 1.29 is 14.8 Å². The first-order chi connectivity index (χ1) is 9.58. The largest absolute Gasteiger partial charge is 0.489 e. The van der Waals surface area contributed by atoms with E-state index in [0.29, 0.717) is 16.9 Å². The first-order valence-corrected chi connectivity index (χ1v) is 6.21. The van der Waals surface area contributed by atoms with Gasteiger partial charge in [-0.05, 0) is 18.6 Å². The molecule has 1 N–H and O–H groups in total. The van der Waals surface area contributed by atoms with Gasteiger partial charge in [-0.2, -0.15) is 0 Å². The normalized spacial score (nSPS) is 11.9. The number of hydrogen-bond acceptors (Lipinski definition) is 4. The van der Waals surface area contributed by atoms with Crippen LogP contribution in [0.3, 0.4) is 0 Å². The van der Waals surface area contributed by atoms with Gasteiger partial charge in [-0.15, -0.1) is 0 Å². The van der Waals surface area contributed by atoms with Crippen LogP contribution in [-0.4, -0.2) is 10.0 Å². The maximum Gasteiger partial charge on any atom is 0.269 e. The van der Waals surface area contributed by atoms with Gasteiger partial charge in [0.25, 0.3) is 5.69 Å². The van der Waals surface area contributed by atoms with E-state index in [1.807, 2.05) is 12.1 Å². The maximum atomic E-state index is 10.7. The zero-order valence-corrected chi connectivity index (χ0v) is 11.0. The fraction of sp³-hybridized carbons (Fsp3) is 0.200. The molecule has 0 amide bonds. The Kier molecular flexibility index (Phi) is 4.32. The summed E-state index contributed by atoms with van der Waals surface area (Å²) < 4.78 is 5.64. The Balaban J connectivity index is 2.13. The first-order valence-electron chi connectivity index (χ1n) is 6.21. The van der Waals surface area contributed by atoms with Crippen LogP contribution in [0, 0.1) is 10.1 Å². The minimum atomic E-state index is -0.628. The van der Waals surface area contributed by atoms with Crippen molar-refractivity contribution in [3.8, 4) is 5.75 Å². The molecule has 2 aromatic carbocycles. The fourth-order valence-corrected chi connectivity index (χ4v) is 1.88. The highest BCUT2D eigenvalue weighted by molar-refractivity contribution is 5.36. The number of aliphatic hydroxyl groups is 1. The lowest BCUT2D eigenvalue weighted by Crippen LogP contribution is -2.01. The second-order valence-corrected chi connectivity index (χ2v) is 4.43. The Morgan fingerprint density at radius 2 is 2.00 bits per heavy atom. The van der Waals surface area contributed by atoms with Crippen LogP contribution in [-0.2, 0) is 6.61 Å². The molecule has 0 radical (unpaired) electrons. The SMILES string of the molecule is CC(O)c1ccccc1OCc1cccc([N+](=O)[O-])c1. The number of hydrogen-bond donors (Lipinski definition) is 1. The zero-order chi connectivity index (χ0) is 14.5. The van der Waals surface area contributed by atoms with Gasteiger partial charge in [0.1, 0.15) is 12.4 Å². The van der Waals surface area contributed by atoms with Crippen molar-refractivity contribution in [3.63, 3.8) is 0 Å². The number of rotatable bonds is 5. The molecular formula is C15H15NO4. The molecule has 20 heavy (non-hydrogen) atoms. The molecule has 5 nitrogen and oxygen atoms in total. The number of nitro groups is 1. The average Bonchev–Trinajstić information content (AvgIpc) is 2.45. The molecule has 2 rings (SSSR count). The third-order valence-corrected chi connectivity index (χ3v) is 2.88. The molecule has 0 bridgehead atoms. The highest BCUT2D eigenvalue weighted by Crippen LogP contribution is 2.25. The molecule has 1 atom stereocenters. The van der Waals surface area contributed by atoms with Crippen LogP contribution in [0.5, 0.6) is 5.75 Å². The van der Waals surface area contributed by atoms with Crippen LogP contribution in [0.4, 0.5) is 5.69 Å². The summed E-state index contributed by atoms with van der Waals surface area (Å²) in [5, 5.41) is 20.4. The minimum Gasteiger partial charge on any atom is -0.489 e. The average molecular weight is 273 g/mol. The molecule has 0 saturated carbocycles. The number of para-hydroxylation sites is 1. The Morgan fingerprint density at radius 1 is 1.25 bits per heavy atom. The monoisotopic (exact) mass is 273 g/mol. The molecule has 0 aromatic heterocycles. The second kappa shape index (κ2) is 6.16. The maximum absolute atomic E-state index is 10.7. The molecular weight excluding hydrogens is 258 g/mol. The predicted octanol–water partition coefficient (Wildman–Crippen LogP) is 3.23. The topological polar surface area (TPSA) is 72.6 Å². The van der Waals surface area contributed by atoms with E-state index in [0.717, 1.165) is 0 Å². The van der Waals surface area contributed by atoms with E-state index in [-0.39, 0.29) is 12.3 Å². The van der Waals surface area contributed by atoms with Gasteiger partial charge in [-0.25, -0.2) is 0 Å². The molecule has 0 aliphatic carbocycles. The van der Waals surface area contributed by atoms with Gasteiger partial charge in [-0.3, -0.25) is 10.1 Å². The fourth-order valence-electron chi connectivity index (χ4n) is 1.88. The molecule has 0 aliphatic heterocycles. The lowest BCUT2D eigenvalue weighted by Gasteiger charge is -2.13. The summed E-state index contributed by atoms with van der Waals surface area (Å²) in [5.41, 5.74) is 1.44. The van der Waals surface area contributed by atoms with Crippen molar-refractivity contribution in [3.05, 3.63) is 69.8 Å². The van der Waals surface area contributed by atoms with Gasteiger partial charge in [0.2, 0.25) is 0 Å². The molecule has 0 aliphatic rings. The van der Waals surface area contributed by atoms with Crippen molar-refractivity contribution >= 4 is 5.69 Å². The summed E-state index contributed by atoms with van der Waals surface area (Å²) in [6, 6.07) is 13.5. The van der Waals surface area contributed by atoms with E-state index in [4.69, 9.17) is 4.74 Å². The number of aliphatic hydroxyl groups excluding tert-OH is 1. The molecule has 0 fully saturated rings. The van der Waals surface area contributed by atoms with Gasteiger partial charge >= 0.3 is 0 Å². The Hall–Kier alpha value is -2.40. The highest BCUT2D eigenvalue weighted by atomic mass is 16.6. The van der Waals surface area contributed by atoms with E-state index >= 15 is 0 Å². The van der Waals surface area contributed by atoms with Crippen LogP contribution in [0.2, 0.25) is 0 Å². The summed E-state index contributed by atoms with van der Waals surface area (Å²) in [4.78, 5) is 10.3. The van der Waals surface area contributed by atoms with Crippen LogP contribution >= 0.6 is 0 Å². The van der Waals surface area contributed by atoms with E-state index in [1.54, 1.807) is 31.2 Å². The zero-order valence-electron chi connectivity index (χ0n) is 11.0. The molecule has 1 unspecified atom stereocenters. The number of benzene rings is 2. The Morgan fingerprint density at radius 3 is 2.70 bits per heavy atom.